The van der Waals surface area contributed by atoms with Crippen molar-refractivity contribution in [1.82, 2.24) is 4.90 Å². The van der Waals surface area contributed by atoms with Gasteiger partial charge in [-0.25, -0.2) is 4.99 Å². The van der Waals surface area contributed by atoms with Gasteiger partial charge < -0.3 is 9.47 Å². The number of benzene rings is 2. The first-order valence-electron chi connectivity index (χ1n) is 8.88. The lowest BCUT2D eigenvalue weighted by Gasteiger charge is -2.30. The third kappa shape index (κ3) is 4.70. The van der Waals surface area contributed by atoms with Crippen LogP contribution in [0.5, 0.6) is 11.5 Å². The third-order valence-corrected chi connectivity index (χ3v) is 6.24. The molecule has 0 N–H and O–H groups in total. The number of thioether (sulfide) groups is 1. The first-order chi connectivity index (χ1) is 13.3. The van der Waals surface area contributed by atoms with Crippen LogP contribution < -0.4 is 9.47 Å². The van der Waals surface area contributed by atoms with Gasteiger partial charge in [0.05, 0.1) is 12.6 Å². The summed E-state index contributed by atoms with van der Waals surface area (Å²) in [7, 11) is 1.62. The van der Waals surface area contributed by atoms with Crippen LogP contribution in [-0.4, -0.2) is 41.0 Å². The molecule has 1 aliphatic heterocycles. The Balaban J connectivity index is 1.83. The average Bonchev–Trinajstić information content (AvgIpc) is 2.95. The highest BCUT2D eigenvalue weighted by Crippen LogP contribution is 2.37. The molecule has 2 aromatic carbocycles. The molecule has 7 heteroatoms. The lowest BCUT2D eigenvalue weighted by molar-refractivity contribution is -0.132. The van der Waals surface area contributed by atoms with Crippen LogP contribution in [0, 0.1) is 6.92 Å². The van der Waals surface area contributed by atoms with Gasteiger partial charge in [0.25, 0.3) is 5.91 Å². The molecule has 0 saturated carbocycles. The van der Waals surface area contributed by atoms with E-state index in [1.54, 1.807) is 23.8 Å². The fourth-order valence-electron chi connectivity index (χ4n) is 2.89. The topological polar surface area (TPSA) is 51.1 Å². The van der Waals surface area contributed by atoms with E-state index in [1.165, 1.54) is 0 Å². The quantitative estimate of drug-likeness (QED) is 0.613. The SMILES string of the molecule is COc1ccc(C)cc1N=C1SCC(C)(C)N1C(=O)COc1ccc(Br)cc1. The van der Waals surface area contributed by atoms with Gasteiger partial charge in [0, 0.05) is 10.2 Å². The van der Waals surface area contributed by atoms with Gasteiger partial charge in [0.15, 0.2) is 11.8 Å². The van der Waals surface area contributed by atoms with Crippen molar-refractivity contribution in [3.8, 4) is 11.5 Å². The minimum Gasteiger partial charge on any atom is -0.494 e. The largest absolute Gasteiger partial charge is 0.494 e. The smallest absolute Gasteiger partial charge is 0.267 e. The number of rotatable bonds is 5. The molecule has 3 rings (SSSR count). The molecule has 0 spiro atoms. The predicted molar refractivity (Wildman–Crippen MR) is 118 cm³/mol. The molecule has 148 valence electrons. The number of carbonyl (C=O) groups excluding carboxylic acids is 1. The fraction of sp³-hybridized carbons (Fsp3) is 0.333. The standard InChI is InChI=1S/C21H23BrN2O3S/c1-14-5-10-18(26-4)17(11-14)23-20-24(21(2,3)13-28-20)19(25)12-27-16-8-6-15(22)7-9-16/h5-11H,12-13H2,1-4H3. The zero-order valence-corrected chi connectivity index (χ0v) is 18.8. The van der Waals surface area contributed by atoms with Gasteiger partial charge >= 0.3 is 0 Å². The van der Waals surface area contributed by atoms with Crippen LogP contribution in [0.15, 0.2) is 51.9 Å². The minimum absolute atomic E-state index is 0.0460. The molecule has 2 aromatic rings. The Labute approximate surface area is 178 Å². The first-order valence-corrected chi connectivity index (χ1v) is 10.7. The van der Waals surface area contributed by atoms with E-state index in [0.29, 0.717) is 22.4 Å². The molecule has 0 unspecified atom stereocenters. The summed E-state index contributed by atoms with van der Waals surface area (Å²) in [5.41, 5.74) is 1.45. The molecule has 1 heterocycles. The molecule has 0 bridgehead atoms. The zero-order valence-electron chi connectivity index (χ0n) is 16.4. The van der Waals surface area contributed by atoms with Gasteiger partial charge in [0.2, 0.25) is 0 Å². The van der Waals surface area contributed by atoms with E-state index in [1.807, 2.05) is 63.2 Å². The number of ether oxygens (including phenoxy) is 2. The van der Waals surface area contributed by atoms with Crippen LogP contribution in [0.1, 0.15) is 19.4 Å². The summed E-state index contributed by atoms with van der Waals surface area (Å²) in [6.45, 7) is 6.03. The average molecular weight is 463 g/mol. The highest BCUT2D eigenvalue weighted by atomic mass is 79.9. The normalized spacial score (nSPS) is 17.0. The van der Waals surface area contributed by atoms with Crippen LogP contribution in [0.3, 0.4) is 0 Å². The Hall–Kier alpha value is -1.99. The molecule has 0 aromatic heterocycles. The van der Waals surface area contributed by atoms with Gasteiger partial charge in [-0.05, 0) is 62.7 Å². The number of amides is 1. The molecule has 1 saturated heterocycles. The maximum atomic E-state index is 13.0. The number of nitrogens with zero attached hydrogens (tertiary/aromatic N) is 2. The molecule has 0 aliphatic carbocycles. The van der Waals surface area contributed by atoms with Gasteiger partial charge in [0.1, 0.15) is 17.2 Å². The summed E-state index contributed by atoms with van der Waals surface area (Å²) >= 11 is 4.96. The van der Waals surface area contributed by atoms with Crippen LogP contribution in [0.2, 0.25) is 0 Å². The molecule has 1 amide bonds. The summed E-state index contributed by atoms with van der Waals surface area (Å²) in [6, 6.07) is 13.2. The number of hydrogen-bond acceptors (Lipinski definition) is 5. The van der Waals surface area contributed by atoms with Crippen molar-refractivity contribution in [3.63, 3.8) is 0 Å². The number of methoxy groups -OCH3 is 1. The van der Waals surface area contributed by atoms with Crippen molar-refractivity contribution in [2.24, 2.45) is 4.99 Å². The van der Waals surface area contributed by atoms with Crippen LogP contribution in [0.25, 0.3) is 0 Å². The second-order valence-corrected chi connectivity index (χ2v) is 9.00. The maximum Gasteiger partial charge on any atom is 0.267 e. The Morgan fingerprint density at radius 2 is 1.96 bits per heavy atom. The molecule has 1 fully saturated rings. The van der Waals surface area contributed by atoms with Crippen molar-refractivity contribution in [2.45, 2.75) is 26.3 Å². The summed E-state index contributed by atoms with van der Waals surface area (Å²) < 4.78 is 12.1. The van der Waals surface area contributed by atoms with Crippen LogP contribution in [-0.2, 0) is 4.79 Å². The Morgan fingerprint density at radius 1 is 1.25 bits per heavy atom. The van der Waals surface area contributed by atoms with Crippen molar-refractivity contribution >= 4 is 44.5 Å². The summed E-state index contributed by atoms with van der Waals surface area (Å²) in [4.78, 5) is 19.5. The van der Waals surface area contributed by atoms with E-state index in [2.05, 4.69) is 15.9 Å². The number of amidine groups is 1. The van der Waals surface area contributed by atoms with E-state index in [-0.39, 0.29) is 18.1 Å². The van der Waals surface area contributed by atoms with Gasteiger partial charge in [-0.15, -0.1) is 0 Å². The number of carbonyl (C=O) groups is 1. The second kappa shape index (κ2) is 8.57. The Bertz CT molecular complexity index is 897. The predicted octanol–water partition coefficient (Wildman–Crippen LogP) is 5.19. The Kier molecular flexibility index (Phi) is 6.35. The Morgan fingerprint density at radius 3 is 2.64 bits per heavy atom. The number of aryl methyl sites for hydroxylation is 1. The van der Waals surface area contributed by atoms with Crippen molar-refractivity contribution < 1.29 is 14.3 Å². The lowest BCUT2D eigenvalue weighted by Crippen LogP contribution is -2.48. The van der Waals surface area contributed by atoms with E-state index in [0.717, 1.165) is 15.8 Å². The van der Waals surface area contributed by atoms with Gasteiger partial charge in [-0.3, -0.25) is 9.69 Å². The molecular weight excluding hydrogens is 440 g/mol. The highest BCUT2D eigenvalue weighted by Gasteiger charge is 2.41. The molecule has 5 nitrogen and oxygen atoms in total. The maximum absolute atomic E-state index is 13.0. The zero-order chi connectivity index (χ0) is 20.3. The molecular formula is C21H23BrN2O3S. The fourth-order valence-corrected chi connectivity index (χ4v) is 4.40. The highest BCUT2D eigenvalue weighted by molar-refractivity contribution is 9.10. The van der Waals surface area contributed by atoms with Crippen molar-refractivity contribution in [1.29, 1.82) is 0 Å². The van der Waals surface area contributed by atoms with Gasteiger partial charge in [-0.1, -0.05) is 33.8 Å². The molecule has 28 heavy (non-hydrogen) atoms. The lowest BCUT2D eigenvalue weighted by atomic mass is 10.1. The van der Waals surface area contributed by atoms with E-state index in [4.69, 9.17) is 14.5 Å². The number of hydrogen-bond donors (Lipinski definition) is 0. The summed E-state index contributed by atoms with van der Waals surface area (Å²) in [6.07, 6.45) is 0. The van der Waals surface area contributed by atoms with E-state index in [9.17, 15) is 4.79 Å². The van der Waals surface area contributed by atoms with Crippen molar-refractivity contribution in [3.05, 3.63) is 52.5 Å². The summed E-state index contributed by atoms with van der Waals surface area (Å²) in [5, 5.41) is 0.665. The molecule has 0 atom stereocenters. The minimum atomic E-state index is -0.347. The van der Waals surface area contributed by atoms with Crippen LogP contribution in [0.4, 0.5) is 5.69 Å². The van der Waals surface area contributed by atoms with Crippen LogP contribution >= 0.6 is 27.7 Å². The second-order valence-electron chi connectivity index (χ2n) is 7.14. The first kappa shape index (κ1) is 20.7. The van der Waals surface area contributed by atoms with E-state index < -0.39 is 0 Å². The third-order valence-electron chi connectivity index (χ3n) is 4.33. The van der Waals surface area contributed by atoms with Crippen molar-refractivity contribution in [2.75, 3.05) is 19.5 Å². The molecule has 1 aliphatic rings. The summed E-state index contributed by atoms with van der Waals surface area (Å²) in [5.74, 6) is 1.98. The van der Waals surface area contributed by atoms with E-state index >= 15 is 0 Å². The molecule has 0 radical (unpaired) electrons. The van der Waals surface area contributed by atoms with Gasteiger partial charge in [-0.2, -0.15) is 0 Å². The number of aliphatic imine (C=N–C) groups is 1. The number of halogens is 1. The monoisotopic (exact) mass is 462 g/mol.